The molecule has 0 amide bonds. The van der Waals surface area contributed by atoms with Gasteiger partial charge in [0.05, 0.1) is 18.1 Å². The fourth-order valence-corrected chi connectivity index (χ4v) is 2.11. The SMILES string of the molecule is COc1ccc(NCc2ccc(CO)o2)cc1Br. The van der Waals surface area contributed by atoms with Crippen molar-refractivity contribution in [2.75, 3.05) is 12.4 Å². The van der Waals surface area contributed by atoms with E-state index in [1.165, 1.54) is 0 Å². The molecule has 1 aromatic heterocycles. The third-order valence-electron chi connectivity index (χ3n) is 2.49. The van der Waals surface area contributed by atoms with Crippen molar-refractivity contribution in [2.45, 2.75) is 13.2 Å². The molecule has 2 rings (SSSR count). The van der Waals surface area contributed by atoms with Gasteiger partial charge >= 0.3 is 0 Å². The summed E-state index contributed by atoms with van der Waals surface area (Å²) in [6.45, 7) is 0.493. The van der Waals surface area contributed by atoms with E-state index in [2.05, 4.69) is 21.2 Å². The van der Waals surface area contributed by atoms with Gasteiger partial charge < -0.3 is 19.6 Å². The minimum Gasteiger partial charge on any atom is -0.496 e. The molecule has 1 heterocycles. The Hall–Kier alpha value is -1.46. The molecule has 0 fully saturated rings. The molecule has 0 aliphatic carbocycles. The van der Waals surface area contributed by atoms with E-state index in [1.54, 1.807) is 13.2 Å². The summed E-state index contributed by atoms with van der Waals surface area (Å²) in [5.41, 5.74) is 0.963. The van der Waals surface area contributed by atoms with Crippen molar-refractivity contribution in [3.05, 3.63) is 46.3 Å². The van der Waals surface area contributed by atoms with Crippen molar-refractivity contribution in [2.24, 2.45) is 0 Å². The van der Waals surface area contributed by atoms with Crippen molar-refractivity contribution in [1.82, 2.24) is 0 Å². The van der Waals surface area contributed by atoms with E-state index >= 15 is 0 Å². The standard InChI is InChI=1S/C13H14BrNO3/c1-17-13-5-2-9(6-12(13)14)15-7-10-3-4-11(8-16)18-10/h2-6,15-16H,7-8H2,1H3. The van der Waals surface area contributed by atoms with E-state index in [-0.39, 0.29) is 6.61 Å². The first-order valence-corrected chi connectivity index (χ1v) is 6.28. The molecule has 2 N–H and O–H groups in total. The van der Waals surface area contributed by atoms with Crippen LogP contribution >= 0.6 is 15.9 Å². The van der Waals surface area contributed by atoms with E-state index in [0.717, 1.165) is 21.7 Å². The number of furan rings is 1. The summed E-state index contributed by atoms with van der Waals surface area (Å²) in [5.74, 6) is 2.15. The van der Waals surface area contributed by atoms with Gasteiger partial charge in [-0.1, -0.05) is 0 Å². The molecule has 0 saturated carbocycles. The Balaban J connectivity index is 1.99. The zero-order valence-electron chi connectivity index (χ0n) is 9.94. The Kier molecular flexibility index (Phi) is 4.28. The highest BCUT2D eigenvalue weighted by molar-refractivity contribution is 9.10. The van der Waals surface area contributed by atoms with Crippen molar-refractivity contribution in [3.8, 4) is 5.75 Å². The second-order valence-electron chi connectivity index (χ2n) is 3.73. The summed E-state index contributed by atoms with van der Waals surface area (Å²) < 4.78 is 11.4. The molecule has 0 aliphatic rings. The van der Waals surface area contributed by atoms with Gasteiger partial charge in [0.2, 0.25) is 0 Å². The van der Waals surface area contributed by atoms with E-state index in [0.29, 0.717) is 12.3 Å². The number of rotatable bonds is 5. The lowest BCUT2D eigenvalue weighted by Gasteiger charge is -2.07. The number of anilines is 1. The maximum absolute atomic E-state index is 8.90. The first-order valence-electron chi connectivity index (χ1n) is 5.49. The summed E-state index contributed by atoms with van der Waals surface area (Å²) in [4.78, 5) is 0. The second kappa shape index (κ2) is 5.93. The van der Waals surface area contributed by atoms with Crippen LogP contribution in [0.1, 0.15) is 11.5 Å². The molecule has 2 aromatic rings. The Morgan fingerprint density at radius 1 is 1.28 bits per heavy atom. The summed E-state index contributed by atoms with van der Waals surface area (Å²) in [7, 11) is 1.63. The summed E-state index contributed by atoms with van der Waals surface area (Å²) in [6.07, 6.45) is 0. The van der Waals surface area contributed by atoms with E-state index in [4.69, 9.17) is 14.3 Å². The molecular weight excluding hydrogens is 298 g/mol. The van der Waals surface area contributed by atoms with Gasteiger partial charge in [0.25, 0.3) is 0 Å². The third kappa shape index (κ3) is 3.05. The predicted octanol–water partition coefficient (Wildman–Crippen LogP) is 3.16. The number of halogens is 1. The van der Waals surface area contributed by atoms with Crippen LogP contribution in [0.15, 0.2) is 39.2 Å². The van der Waals surface area contributed by atoms with E-state index < -0.39 is 0 Å². The van der Waals surface area contributed by atoms with Crippen LogP contribution in [-0.4, -0.2) is 12.2 Å². The van der Waals surface area contributed by atoms with Gasteiger partial charge in [-0.2, -0.15) is 0 Å². The number of aliphatic hydroxyl groups is 1. The van der Waals surface area contributed by atoms with E-state index in [9.17, 15) is 0 Å². The Labute approximate surface area is 114 Å². The Bertz CT molecular complexity index is 525. The van der Waals surface area contributed by atoms with Crippen LogP contribution in [0.2, 0.25) is 0 Å². The molecule has 0 spiro atoms. The molecular formula is C13H14BrNO3. The minimum absolute atomic E-state index is 0.0753. The maximum atomic E-state index is 8.90. The summed E-state index contributed by atoms with van der Waals surface area (Å²) >= 11 is 3.43. The van der Waals surface area contributed by atoms with Crippen LogP contribution in [0.3, 0.4) is 0 Å². The van der Waals surface area contributed by atoms with Gasteiger partial charge in [0.15, 0.2) is 0 Å². The van der Waals surface area contributed by atoms with Crippen LogP contribution in [0.4, 0.5) is 5.69 Å². The lowest BCUT2D eigenvalue weighted by molar-refractivity contribution is 0.244. The predicted molar refractivity (Wildman–Crippen MR) is 72.7 cm³/mol. The number of aliphatic hydroxyl groups excluding tert-OH is 1. The lowest BCUT2D eigenvalue weighted by atomic mass is 10.3. The molecule has 5 heteroatoms. The van der Waals surface area contributed by atoms with Crippen molar-refractivity contribution >= 4 is 21.6 Å². The Morgan fingerprint density at radius 3 is 2.67 bits per heavy atom. The normalized spacial score (nSPS) is 10.4. The van der Waals surface area contributed by atoms with Gasteiger partial charge in [-0.25, -0.2) is 0 Å². The van der Waals surface area contributed by atoms with Crippen LogP contribution < -0.4 is 10.1 Å². The van der Waals surface area contributed by atoms with Crippen LogP contribution in [0, 0.1) is 0 Å². The molecule has 0 bridgehead atoms. The molecule has 96 valence electrons. The molecule has 0 aliphatic heterocycles. The van der Waals surface area contributed by atoms with Gasteiger partial charge in [0, 0.05) is 5.69 Å². The highest BCUT2D eigenvalue weighted by Crippen LogP contribution is 2.27. The van der Waals surface area contributed by atoms with Crippen LogP contribution in [0.25, 0.3) is 0 Å². The highest BCUT2D eigenvalue weighted by Gasteiger charge is 2.03. The number of methoxy groups -OCH3 is 1. The number of hydrogen-bond donors (Lipinski definition) is 2. The zero-order chi connectivity index (χ0) is 13.0. The monoisotopic (exact) mass is 311 g/mol. The fourth-order valence-electron chi connectivity index (χ4n) is 1.57. The molecule has 0 atom stereocenters. The number of nitrogens with one attached hydrogen (secondary N) is 1. The van der Waals surface area contributed by atoms with E-state index in [1.807, 2.05) is 24.3 Å². The molecule has 18 heavy (non-hydrogen) atoms. The minimum atomic E-state index is -0.0753. The number of ether oxygens (including phenoxy) is 1. The molecule has 1 aromatic carbocycles. The number of hydrogen-bond acceptors (Lipinski definition) is 4. The van der Waals surface area contributed by atoms with Crippen LogP contribution in [0.5, 0.6) is 5.75 Å². The first kappa shape index (κ1) is 13.0. The van der Waals surface area contributed by atoms with Gasteiger partial charge in [-0.15, -0.1) is 0 Å². The number of benzene rings is 1. The highest BCUT2D eigenvalue weighted by atomic mass is 79.9. The van der Waals surface area contributed by atoms with Crippen molar-refractivity contribution < 1.29 is 14.3 Å². The van der Waals surface area contributed by atoms with Crippen molar-refractivity contribution in [3.63, 3.8) is 0 Å². The summed E-state index contributed by atoms with van der Waals surface area (Å²) in [5, 5.41) is 12.1. The topological polar surface area (TPSA) is 54.6 Å². The average molecular weight is 312 g/mol. The third-order valence-corrected chi connectivity index (χ3v) is 3.11. The first-order chi connectivity index (χ1) is 8.72. The lowest BCUT2D eigenvalue weighted by Crippen LogP contribution is -1.98. The fraction of sp³-hybridized carbons (Fsp3) is 0.231. The Morgan fingerprint density at radius 2 is 2.06 bits per heavy atom. The average Bonchev–Trinajstić information content (AvgIpc) is 2.84. The summed E-state index contributed by atoms with van der Waals surface area (Å²) in [6, 6.07) is 9.36. The van der Waals surface area contributed by atoms with Gasteiger partial charge in [-0.05, 0) is 46.3 Å². The maximum Gasteiger partial charge on any atom is 0.133 e. The van der Waals surface area contributed by atoms with Crippen LogP contribution in [-0.2, 0) is 13.2 Å². The second-order valence-corrected chi connectivity index (χ2v) is 4.58. The molecule has 0 unspecified atom stereocenters. The smallest absolute Gasteiger partial charge is 0.133 e. The van der Waals surface area contributed by atoms with Gasteiger partial charge in [-0.3, -0.25) is 0 Å². The van der Waals surface area contributed by atoms with Gasteiger partial charge in [0.1, 0.15) is 23.9 Å². The largest absolute Gasteiger partial charge is 0.496 e. The molecule has 0 radical (unpaired) electrons. The molecule has 0 saturated heterocycles. The van der Waals surface area contributed by atoms with Crippen molar-refractivity contribution in [1.29, 1.82) is 0 Å². The zero-order valence-corrected chi connectivity index (χ0v) is 11.5. The quantitative estimate of drug-likeness (QED) is 0.890. The molecule has 4 nitrogen and oxygen atoms in total.